The summed E-state index contributed by atoms with van der Waals surface area (Å²) in [5.41, 5.74) is 1.48. The summed E-state index contributed by atoms with van der Waals surface area (Å²) in [5.74, 6) is -0.689. The second-order valence-corrected chi connectivity index (χ2v) is 7.04. The Hall–Kier alpha value is -1.44. The summed E-state index contributed by atoms with van der Waals surface area (Å²) in [6, 6.07) is 10.4. The first-order chi connectivity index (χ1) is 9.89. The van der Waals surface area contributed by atoms with Crippen LogP contribution in [-0.4, -0.2) is 13.5 Å². The van der Waals surface area contributed by atoms with Crippen LogP contribution < -0.4 is 4.72 Å². The highest BCUT2D eigenvalue weighted by atomic mass is 79.9. The maximum absolute atomic E-state index is 13.0. The summed E-state index contributed by atoms with van der Waals surface area (Å²) < 4.78 is 39.9. The number of halogens is 2. The molecule has 2 N–H and O–H groups in total. The van der Waals surface area contributed by atoms with Gasteiger partial charge in [0.25, 0.3) is 0 Å². The lowest BCUT2D eigenvalue weighted by molar-refractivity contribution is 0.282. The van der Waals surface area contributed by atoms with Crippen LogP contribution in [-0.2, 0) is 22.4 Å². The molecule has 0 aliphatic rings. The smallest absolute Gasteiger partial charge is 0.236 e. The molecule has 0 heterocycles. The van der Waals surface area contributed by atoms with Crippen LogP contribution in [0.1, 0.15) is 11.1 Å². The standard InChI is InChI=1S/C14H13BrFNO3S/c15-13-7-12(16)4-5-14(13)17-21(19,20)9-11-3-1-2-10(6-11)8-18/h1-7,17-18H,8-9H2. The number of nitrogens with one attached hydrogen (secondary N) is 1. The molecule has 2 aromatic rings. The largest absolute Gasteiger partial charge is 0.392 e. The lowest BCUT2D eigenvalue weighted by atomic mass is 10.1. The van der Waals surface area contributed by atoms with Crippen molar-refractivity contribution in [2.24, 2.45) is 0 Å². The van der Waals surface area contributed by atoms with Gasteiger partial charge in [-0.15, -0.1) is 0 Å². The molecule has 2 rings (SSSR count). The molecule has 112 valence electrons. The minimum absolute atomic E-state index is 0.148. The minimum atomic E-state index is -3.63. The van der Waals surface area contributed by atoms with Gasteiger partial charge in [-0.2, -0.15) is 0 Å². The molecular formula is C14H13BrFNO3S. The molecule has 0 saturated carbocycles. The number of rotatable bonds is 5. The van der Waals surface area contributed by atoms with Gasteiger partial charge in [0.2, 0.25) is 10.0 Å². The molecule has 0 aliphatic carbocycles. The fraction of sp³-hybridized carbons (Fsp3) is 0.143. The quantitative estimate of drug-likeness (QED) is 0.846. The molecule has 0 radical (unpaired) electrons. The zero-order chi connectivity index (χ0) is 15.5. The highest BCUT2D eigenvalue weighted by Gasteiger charge is 2.14. The van der Waals surface area contributed by atoms with Gasteiger partial charge in [0, 0.05) is 4.47 Å². The zero-order valence-corrected chi connectivity index (χ0v) is 13.3. The third kappa shape index (κ3) is 4.52. The third-order valence-electron chi connectivity index (χ3n) is 2.73. The number of anilines is 1. The van der Waals surface area contributed by atoms with E-state index in [1.54, 1.807) is 24.3 Å². The molecule has 0 spiro atoms. The Morgan fingerprint density at radius 2 is 1.86 bits per heavy atom. The highest BCUT2D eigenvalue weighted by molar-refractivity contribution is 9.10. The number of hydrogen-bond acceptors (Lipinski definition) is 3. The monoisotopic (exact) mass is 373 g/mol. The van der Waals surface area contributed by atoms with Crippen molar-refractivity contribution in [3.63, 3.8) is 0 Å². The Morgan fingerprint density at radius 1 is 1.14 bits per heavy atom. The Bertz CT molecular complexity index is 750. The lowest BCUT2D eigenvalue weighted by Crippen LogP contribution is -2.15. The van der Waals surface area contributed by atoms with Gasteiger partial charge in [0.05, 0.1) is 18.0 Å². The van der Waals surface area contributed by atoms with Crippen LogP contribution >= 0.6 is 15.9 Å². The van der Waals surface area contributed by atoms with Crippen molar-refractivity contribution < 1.29 is 17.9 Å². The molecule has 2 aromatic carbocycles. The molecule has 0 bridgehead atoms. The first kappa shape index (κ1) is 15.9. The Labute approximate surface area is 130 Å². The van der Waals surface area contributed by atoms with Crippen LogP contribution in [0, 0.1) is 5.82 Å². The van der Waals surface area contributed by atoms with E-state index in [0.717, 1.165) is 0 Å². The Morgan fingerprint density at radius 3 is 2.52 bits per heavy atom. The molecule has 0 unspecified atom stereocenters. The highest BCUT2D eigenvalue weighted by Crippen LogP contribution is 2.24. The van der Waals surface area contributed by atoms with Gasteiger partial charge < -0.3 is 5.11 Å². The second kappa shape index (κ2) is 6.55. The second-order valence-electron chi connectivity index (χ2n) is 4.46. The van der Waals surface area contributed by atoms with Crippen molar-refractivity contribution in [2.75, 3.05) is 4.72 Å². The summed E-state index contributed by atoms with van der Waals surface area (Å²) in [7, 11) is -3.63. The van der Waals surface area contributed by atoms with E-state index in [1.807, 2.05) is 0 Å². The Kier molecular flexibility index (Phi) is 4.97. The Balaban J connectivity index is 2.18. The van der Waals surface area contributed by atoms with Crippen LogP contribution in [0.25, 0.3) is 0 Å². The van der Waals surface area contributed by atoms with Crippen molar-refractivity contribution in [3.05, 3.63) is 63.9 Å². The van der Waals surface area contributed by atoms with Crippen molar-refractivity contribution >= 4 is 31.6 Å². The van der Waals surface area contributed by atoms with Gasteiger partial charge in [-0.25, -0.2) is 12.8 Å². The van der Waals surface area contributed by atoms with Gasteiger partial charge in [-0.05, 0) is 45.3 Å². The maximum Gasteiger partial charge on any atom is 0.236 e. The number of benzene rings is 2. The van der Waals surface area contributed by atoms with Gasteiger partial charge >= 0.3 is 0 Å². The number of aliphatic hydroxyl groups excluding tert-OH is 1. The van der Waals surface area contributed by atoms with Crippen molar-refractivity contribution in [1.29, 1.82) is 0 Å². The summed E-state index contributed by atoms with van der Waals surface area (Å²) >= 11 is 3.11. The number of aliphatic hydroxyl groups is 1. The van der Waals surface area contributed by atoms with Gasteiger partial charge in [0.15, 0.2) is 0 Å². The first-order valence-corrected chi connectivity index (χ1v) is 8.48. The normalized spacial score (nSPS) is 11.4. The molecule has 0 aliphatic heterocycles. The molecule has 21 heavy (non-hydrogen) atoms. The van der Waals surface area contributed by atoms with Crippen LogP contribution in [0.2, 0.25) is 0 Å². The topological polar surface area (TPSA) is 66.4 Å². The van der Waals surface area contributed by atoms with E-state index in [0.29, 0.717) is 15.6 Å². The molecule has 4 nitrogen and oxygen atoms in total. The SMILES string of the molecule is O=S(=O)(Cc1cccc(CO)c1)Nc1ccc(F)cc1Br. The fourth-order valence-corrected chi connectivity index (χ4v) is 3.60. The summed E-state index contributed by atoms with van der Waals surface area (Å²) in [6.07, 6.45) is 0. The van der Waals surface area contributed by atoms with E-state index in [4.69, 9.17) is 5.11 Å². The van der Waals surface area contributed by atoms with Crippen LogP contribution in [0.5, 0.6) is 0 Å². The van der Waals surface area contributed by atoms with Gasteiger partial charge in [-0.3, -0.25) is 4.72 Å². The van der Waals surface area contributed by atoms with Crippen molar-refractivity contribution in [3.8, 4) is 0 Å². The molecular weight excluding hydrogens is 361 g/mol. The zero-order valence-electron chi connectivity index (χ0n) is 10.9. The minimum Gasteiger partial charge on any atom is -0.392 e. The number of sulfonamides is 1. The van der Waals surface area contributed by atoms with E-state index in [-0.39, 0.29) is 18.0 Å². The average Bonchev–Trinajstić information content (AvgIpc) is 2.41. The van der Waals surface area contributed by atoms with Crippen LogP contribution in [0.3, 0.4) is 0 Å². The summed E-state index contributed by atoms with van der Waals surface area (Å²) in [6.45, 7) is -0.148. The third-order valence-corrected chi connectivity index (χ3v) is 4.63. The van der Waals surface area contributed by atoms with E-state index < -0.39 is 15.8 Å². The van der Waals surface area contributed by atoms with Crippen LogP contribution in [0.15, 0.2) is 46.9 Å². The van der Waals surface area contributed by atoms with Crippen molar-refractivity contribution in [2.45, 2.75) is 12.4 Å². The summed E-state index contributed by atoms with van der Waals surface area (Å²) in [5, 5.41) is 9.05. The van der Waals surface area contributed by atoms with Crippen LogP contribution in [0.4, 0.5) is 10.1 Å². The van der Waals surface area contributed by atoms with Gasteiger partial charge in [0.1, 0.15) is 5.82 Å². The fourth-order valence-electron chi connectivity index (χ4n) is 1.81. The lowest BCUT2D eigenvalue weighted by Gasteiger charge is -2.10. The summed E-state index contributed by atoms with van der Waals surface area (Å²) in [4.78, 5) is 0. The predicted octanol–water partition coefficient (Wildman–Crippen LogP) is 3.02. The van der Waals surface area contributed by atoms with Crippen molar-refractivity contribution in [1.82, 2.24) is 0 Å². The molecule has 0 amide bonds. The molecule has 0 atom stereocenters. The first-order valence-electron chi connectivity index (χ1n) is 6.04. The number of hydrogen-bond donors (Lipinski definition) is 2. The molecule has 7 heteroatoms. The maximum atomic E-state index is 13.0. The van der Waals surface area contributed by atoms with Gasteiger partial charge in [-0.1, -0.05) is 24.3 Å². The van der Waals surface area contributed by atoms with E-state index in [9.17, 15) is 12.8 Å². The molecule has 0 aromatic heterocycles. The molecule has 0 saturated heterocycles. The molecule has 0 fully saturated rings. The van der Waals surface area contributed by atoms with E-state index >= 15 is 0 Å². The predicted molar refractivity (Wildman–Crippen MR) is 82.7 cm³/mol. The van der Waals surface area contributed by atoms with E-state index in [2.05, 4.69) is 20.7 Å². The van der Waals surface area contributed by atoms with E-state index in [1.165, 1.54) is 18.2 Å². The average molecular weight is 374 g/mol.